The summed E-state index contributed by atoms with van der Waals surface area (Å²) in [5, 5.41) is 5.38. The van der Waals surface area contributed by atoms with E-state index >= 15 is 0 Å². The van der Waals surface area contributed by atoms with E-state index in [0.29, 0.717) is 17.1 Å². The van der Waals surface area contributed by atoms with Gasteiger partial charge >= 0.3 is 12.2 Å². The standard InChI is InChI=1S/C19H21F3N2O3/c1-12(16-10-15(26-2)8-9-17(16)27-3)24-18(25)23-11-13-4-6-14(7-5-13)19(20,21)22/h4-10,12H,11H2,1-3H3,(H2,23,24,25). The van der Waals surface area contributed by atoms with Crippen molar-refractivity contribution in [3.8, 4) is 11.5 Å². The second kappa shape index (κ2) is 8.66. The summed E-state index contributed by atoms with van der Waals surface area (Å²) in [5.74, 6) is 1.23. The first-order chi connectivity index (χ1) is 12.7. The van der Waals surface area contributed by atoms with Gasteiger partial charge in [0.05, 0.1) is 25.8 Å². The van der Waals surface area contributed by atoms with E-state index in [2.05, 4.69) is 10.6 Å². The van der Waals surface area contributed by atoms with Crippen molar-refractivity contribution >= 4 is 6.03 Å². The fourth-order valence-corrected chi connectivity index (χ4v) is 2.50. The number of hydrogen-bond acceptors (Lipinski definition) is 3. The van der Waals surface area contributed by atoms with Crippen LogP contribution in [0.25, 0.3) is 0 Å². The Morgan fingerprint density at radius 2 is 1.74 bits per heavy atom. The molecule has 2 aromatic rings. The average molecular weight is 382 g/mol. The maximum atomic E-state index is 12.6. The number of benzene rings is 2. The Labute approximate surface area is 155 Å². The third kappa shape index (κ3) is 5.54. The van der Waals surface area contributed by atoms with Crippen molar-refractivity contribution in [1.29, 1.82) is 0 Å². The van der Waals surface area contributed by atoms with Crippen LogP contribution in [0.2, 0.25) is 0 Å². The Morgan fingerprint density at radius 1 is 1.07 bits per heavy atom. The van der Waals surface area contributed by atoms with Gasteiger partial charge in [0.2, 0.25) is 0 Å². The monoisotopic (exact) mass is 382 g/mol. The molecule has 5 nitrogen and oxygen atoms in total. The minimum atomic E-state index is -4.38. The van der Waals surface area contributed by atoms with Crippen LogP contribution < -0.4 is 20.1 Å². The first-order valence-corrected chi connectivity index (χ1v) is 8.17. The molecule has 1 atom stereocenters. The summed E-state index contributed by atoms with van der Waals surface area (Å²) < 4.78 is 48.1. The van der Waals surface area contributed by atoms with Gasteiger partial charge in [-0.15, -0.1) is 0 Å². The summed E-state index contributed by atoms with van der Waals surface area (Å²) in [7, 11) is 3.07. The highest BCUT2D eigenvalue weighted by Gasteiger charge is 2.29. The molecule has 0 saturated carbocycles. The van der Waals surface area contributed by atoms with Gasteiger partial charge in [-0.2, -0.15) is 13.2 Å². The second-order valence-corrected chi connectivity index (χ2v) is 5.85. The van der Waals surface area contributed by atoms with Gasteiger partial charge in [0.15, 0.2) is 0 Å². The summed E-state index contributed by atoms with van der Waals surface area (Å²) in [4.78, 5) is 12.1. The van der Waals surface area contributed by atoms with Crippen molar-refractivity contribution in [2.75, 3.05) is 14.2 Å². The second-order valence-electron chi connectivity index (χ2n) is 5.85. The molecule has 1 unspecified atom stereocenters. The SMILES string of the molecule is COc1ccc(OC)c(C(C)NC(=O)NCc2ccc(C(F)(F)F)cc2)c1. The van der Waals surface area contributed by atoms with Crippen LogP contribution >= 0.6 is 0 Å². The molecule has 0 aliphatic carbocycles. The molecule has 0 heterocycles. The van der Waals surface area contributed by atoms with Crippen molar-refractivity contribution in [2.24, 2.45) is 0 Å². The van der Waals surface area contributed by atoms with Crippen molar-refractivity contribution < 1.29 is 27.4 Å². The van der Waals surface area contributed by atoms with Gasteiger partial charge in [-0.3, -0.25) is 0 Å². The molecular weight excluding hydrogens is 361 g/mol. The van der Waals surface area contributed by atoms with Gasteiger partial charge < -0.3 is 20.1 Å². The molecule has 0 aliphatic heterocycles. The Kier molecular flexibility index (Phi) is 6.55. The molecule has 2 amide bonds. The number of halogens is 3. The molecule has 8 heteroatoms. The van der Waals surface area contributed by atoms with Crippen LogP contribution in [0.4, 0.5) is 18.0 Å². The van der Waals surface area contributed by atoms with Crippen LogP contribution in [0.5, 0.6) is 11.5 Å². The van der Waals surface area contributed by atoms with Gasteiger partial charge in [0.1, 0.15) is 11.5 Å². The number of hydrogen-bond donors (Lipinski definition) is 2. The zero-order valence-corrected chi connectivity index (χ0v) is 15.2. The number of amides is 2. The Balaban J connectivity index is 1.95. The van der Waals surface area contributed by atoms with E-state index in [1.165, 1.54) is 19.2 Å². The van der Waals surface area contributed by atoms with E-state index < -0.39 is 17.8 Å². The highest BCUT2D eigenvalue weighted by Crippen LogP contribution is 2.30. The lowest BCUT2D eigenvalue weighted by atomic mass is 10.1. The van der Waals surface area contributed by atoms with Crippen LogP contribution in [0.3, 0.4) is 0 Å². The maximum absolute atomic E-state index is 12.6. The molecule has 2 N–H and O–H groups in total. The van der Waals surface area contributed by atoms with Gasteiger partial charge in [-0.1, -0.05) is 12.1 Å². The number of alkyl halides is 3. The number of ether oxygens (including phenoxy) is 2. The zero-order valence-electron chi connectivity index (χ0n) is 15.2. The van der Waals surface area contributed by atoms with Crippen LogP contribution in [-0.2, 0) is 12.7 Å². The van der Waals surface area contributed by atoms with E-state index in [4.69, 9.17) is 9.47 Å². The van der Waals surface area contributed by atoms with Gasteiger partial charge in [-0.25, -0.2) is 4.79 Å². The fourth-order valence-electron chi connectivity index (χ4n) is 2.50. The van der Waals surface area contributed by atoms with Gasteiger partial charge in [0.25, 0.3) is 0 Å². The first kappa shape index (κ1) is 20.4. The van der Waals surface area contributed by atoms with E-state index in [9.17, 15) is 18.0 Å². The van der Waals surface area contributed by atoms with Gasteiger partial charge in [-0.05, 0) is 42.8 Å². The molecule has 0 aliphatic rings. The lowest BCUT2D eigenvalue weighted by Crippen LogP contribution is -2.36. The third-order valence-electron chi connectivity index (χ3n) is 3.99. The topological polar surface area (TPSA) is 59.6 Å². The molecule has 0 bridgehead atoms. The zero-order chi connectivity index (χ0) is 20.0. The summed E-state index contributed by atoms with van der Waals surface area (Å²) in [5.41, 5.74) is 0.570. The number of nitrogens with one attached hydrogen (secondary N) is 2. The predicted molar refractivity (Wildman–Crippen MR) is 94.8 cm³/mol. The van der Waals surface area contributed by atoms with Crippen LogP contribution in [0.1, 0.15) is 29.7 Å². The summed E-state index contributed by atoms with van der Waals surface area (Å²) in [6, 6.07) is 9.06. The molecule has 146 valence electrons. The summed E-state index contributed by atoms with van der Waals surface area (Å²) >= 11 is 0. The minimum absolute atomic E-state index is 0.103. The van der Waals surface area contributed by atoms with Crippen LogP contribution in [0.15, 0.2) is 42.5 Å². The smallest absolute Gasteiger partial charge is 0.416 e. The van der Waals surface area contributed by atoms with Crippen LogP contribution in [-0.4, -0.2) is 20.3 Å². The molecule has 0 saturated heterocycles. The molecule has 0 fully saturated rings. The van der Waals surface area contributed by atoms with Crippen molar-refractivity contribution in [2.45, 2.75) is 25.7 Å². The lowest BCUT2D eigenvalue weighted by molar-refractivity contribution is -0.137. The van der Waals surface area contributed by atoms with E-state index in [1.54, 1.807) is 32.2 Å². The molecule has 2 rings (SSSR count). The third-order valence-corrected chi connectivity index (χ3v) is 3.99. The molecule has 0 radical (unpaired) electrons. The number of rotatable bonds is 6. The lowest BCUT2D eigenvalue weighted by Gasteiger charge is -2.18. The molecule has 0 aromatic heterocycles. The number of methoxy groups -OCH3 is 2. The fraction of sp³-hybridized carbons (Fsp3) is 0.316. The normalized spacial score (nSPS) is 12.2. The number of urea groups is 1. The maximum Gasteiger partial charge on any atom is 0.416 e. The Bertz CT molecular complexity index is 777. The predicted octanol–water partition coefficient (Wildman–Crippen LogP) is 4.28. The quantitative estimate of drug-likeness (QED) is 0.784. The highest BCUT2D eigenvalue weighted by molar-refractivity contribution is 5.74. The van der Waals surface area contributed by atoms with Crippen molar-refractivity contribution in [1.82, 2.24) is 10.6 Å². The largest absolute Gasteiger partial charge is 0.497 e. The van der Waals surface area contributed by atoms with E-state index in [-0.39, 0.29) is 12.6 Å². The highest BCUT2D eigenvalue weighted by atomic mass is 19.4. The minimum Gasteiger partial charge on any atom is -0.497 e. The van der Waals surface area contributed by atoms with Crippen molar-refractivity contribution in [3.63, 3.8) is 0 Å². The molecule has 2 aromatic carbocycles. The summed E-state index contributed by atoms with van der Waals surface area (Å²) in [6.07, 6.45) is -4.38. The first-order valence-electron chi connectivity index (χ1n) is 8.17. The van der Waals surface area contributed by atoms with Gasteiger partial charge in [0, 0.05) is 12.1 Å². The molecular formula is C19H21F3N2O3. The number of carbonyl (C=O) groups excluding carboxylic acids is 1. The Morgan fingerprint density at radius 3 is 2.30 bits per heavy atom. The van der Waals surface area contributed by atoms with E-state index in [0.717, 1.165) is 17.7 Å². The average Bonchev–Trinajstić information content (AvgIpc) is 2.65. The van der Waals surface area contributed by atoms with Crippen LogP contribution in [0, 0.1) is 0 Å². The Hall–Kier alpha value is -2.90. The number of carbonyl (C=O) groups is 1. The van der Waals surface area contributed by atoms with E-state index in [1.807, 2.05) is 0 Å². The summed E-state index contributed by atoms with van der Waals surface area (Å²) in [6.45, 7) is 1.89. The molecule has 27 heavy (non-hydrogen) atoms. The molecule has 0 spiro atoms. The van der Waals surface area contributed by atoms with Crippen molar-refractivity contribution in [3.05, 3.63) is 59.2 Å².